The van der Waals surface area contributed by atoms with Gasteiger partial charge in [0.1, 0.15) is 24.6 Å². The Hall–Kier alpha value is -3.52. The van der Waals surface area contributed by atoms with Crippen LogP contribution in [0.3, 0.4) is 0 Å². The van der Waals surface area contributed by atoms with Crippen molar-refractivity contribution in [2.45, 2.75) is 13.0 Å². The maximum Gasteiger partial charge on any atom is 0.249 e. The largest absolute Gasteiger partial charge is 0.489 e. The average molecular weight is 484 g/mol. The molecule has 6 nitrogen and oxygen atoms in total. The number of rotatable bonds is 8. The van der Waals surface area contributed by atoms with Crippen LogP contribution in [0.5, 0.6) is 5.75 Å². The number of halogens is 2. The van der Waals surface area contributed by atoms with Gasteiger partial charge >= 0.3 is 0 Å². The number of nitrogens with one attached hydrogen (secondary N) is 2. The van der Waals surface area contributed by atoms with Crippen molar-refractivity contribution in [2.75, 3.05) is 5.32 Å². The zero-order valence-corrected chi connectivity index (χ0v) is 17.9. The van der Waals surface area contributed by atoms with Gasteiger partial charge in [-0.3, -0.25) is 9.59 Å². The number of anilines is 1. The minimum absolute atomic E-state index is 0.405. The van der Waals surface area contributed by atoms with Crippen molar-refractivity contribution in [3.8, 4) is 5.75 Å². The van der Waals surface area contributed by atoms with E-state index in [9.17, 15) is 14.0 Å². The van der Waals surface area contributed by atoms with Gasteiger partial charge in [-0.05, 0) is 71.8 Å². The molecule has 2 amide bonds. The van der Waals surface area contributed by atoms with Crippen molar-refractivity contribution < 1.29 is 18.7 Å². The molecule has 158 valence electrons. The summed E-state index contributed by atoms with van der Waals surface area (Å²) in [6, 6.07) is 20.3. The third kappa shape index (κ3) is 7.67. The Morgan fingerprint density at radius 2 is 1.61 bits per heavy atom. The normalized spacial score (nSPS) is 10.6. The van der Waals surface area contributed by atoms with E-state index < -0.39 is 24.1 Å². The van der Waals surface area contributed by atoms with Crippen LogP contribution in [0.15, 0.2) is 82.4 Å². The van der Waals surface area contributed by atoms with Crippen LogP contribution in [-0.4, -0.2) is 18.0 Å². The average Bonchev–Trinajstić information content (AvgIpc) is 2.76. The number of amides is 2. The number of ether oxygens (including phenoxy) is 1. The molecule has 0 spiro atoms. The second-order valence-corrected chi connectivity index (χ2v) is 7.42. The lowest BCUT2D eigenvalue weighted by Gasteiger charge is -2.06. The Kier molecular flexibility index (Phi) is 7.89. The van der Waals surface area contributed by atoms with Crippen molar-refractivity contribution in [2.24, 2.45) is 5.10 Å². The number of hydrogen-bond acceptors (Lipinski definition) is 4. The van der Waals surface area contributed by atoms with Gasteiger partial charge in [0.15, 0.2) is 0 Å². The molecule has 0 saturated heterocycles. The third-order valence-corrected chi connectivity index (χ3v) is 4.58. The van der Waals surface area contributed by atoms with Gasteiger partial charge in [-0.25, -0.2) is 9.82 Å². The van der Waals surface area contributed by atoms with Gasteiger partial charge in [-0.2, -0.15) is 5.10 Å². The summed E-state index contributed by atoms with van der Waals surface area (Å²) in [5, 5.41) is 6.35. The van der Waals surface area contributed by atoms with Gasteiger partial charge in [0.25, 0.3) is 0 Å². The third-order valence-electron chi connectivity index (χ3n) is 4.05. The van der Waals surface area contributed by atoms with Crippen LogP contribution in [0.25, 0.3) is 0 Å². The van der Waals surface area contributed by atoms with E-state index in [0.717, 1.165) is 15.6 Å². The Labute approximate surface area is 187 Å². The lowest BCUT2D eigenvalue weighted by molar-refractivity contribution is -0.126. The topological polar surface area (TPSA) is 79.8 Å². The Morgan fingerprint density at radius 3 is 2.29 bits per heavy atom. The molecular formula is C23H19BrFN3O3. The monoisotopic (exact) mass is 483 g/mol. The molecule has 0 radical (unpaired) electrons. The van der Waals surface area contributed by atoms with Crippen molar-refractivity contribution in [3.63, 3.8) is 0 Å². The summed E-state index contributed by atoms with van der Waals surface area (Å²) in [5.74, 6) is -0.785. The molecular weight excluding hydrogens is 465 g/mol. The fourth-order valence-corrected chi connectivity index (χ4v) is 2.76. The second-order valence-electron chi connectivity index (χ2n) is 6.51. The molecule has 3 aromatic rings. The number of carbonyl (C=O) groups excluding carboxylic acids is 2. The molecule has 3 rings (SSSR count). The smallest absolute Gasteiger partial charge is 0.249 e. The second kappa shape index (κ2) is 11.0. The predicted molar refractivity (Wildman–Crippen MR) is 120 cm³/mol. The maximum absolute atomic E-state index is 12.9. The van der Waals surface area contributed by atoms with E-state index in [2.05, 4.69) is 31.8 Å². The Balaban J connectivity index is 1.41. The molecule has 3 aromatic carbocycles. The highest BCUT2D eigenvalue weighted by Crippen LogP contribution is 2.15. The van der Waals surface area contributed by atoms with E-state index in [4.69, 9.17) is 4.74 Å². The molecule has 0 atom stereocenters. The Morgan fingerprint density at radius 1 is 0.935 bits per heavy atom. The number of hydrogen-bond donors (Lipinski definition) is 2. The molecule has 0 heterocycles. The highest BCUT2D eigenvalue weighted by atomic mass is 79.9. The summed E-state index contributed by atoms with van der Waals surface area (Å²) in [7, 11) is 0. The van der Waals surface area contributed by atoms with Crippen LogP contribution < -0.4 is 15.5 Å². The molecule has 31 heavy (non-hydrogen) atoms. The van der Waals surface area contributed by atoms with Crippen LogP contribution in [0.2, 0.25) is 0 Å². The molecule has 0 unspecified atom stereocenters. The van der Waals surface area contributed by atoms with Gasteiger partial charge in [-0.1, -0.05) is 28.1 Å². The highest BCUT2D eigenvalue weighted by Gasteiger charge is 2.09. The van der Waals surface area contributed by atoms with Gasteiger partial charge in [-0.15, -0.1) is 0 Å². The molecule has 0 aliphatic carbocycles. The number of carbonyl (C=O) groups is 2. The van der Waals surface area contributed by atoms with Gasteiger partial charge in [0, 0.05) is 10.2 Å². The SMILES string of the molecule is O=C(CC(=O)Nc1ccc(F)cc1)NN=Cc1ccc(OCc2ccc(Br)cc2)cc1. The van der Waals surface area contributed by atoms with E-state index in [1.54, 1.807) is 24.3 Å². The van der Waals surface area contributed by atoms with E-state index >= 15 is 0 Å². The first-order valence-corrected chi connectivity index (χ1v) is 10.1. The predicted octanol–water partition coefficient (Wildman–Crippen LogP) is 4.65. The molecule has 0 aromatic heterocycles. The fourth-order valence-electron chi connectivity index (χ4n) is 2.50. The van der Waals surface area contributed by atoms with Crippen LogP contribution >= 0.6 is 15.9 Å². The van der Waals surface area contributed by atoms with Crippen LogP contribution in [0.1, 0.15) is 17.5 Å². The van der Waals surface area contributed by atoms with E-state index in [-0.39, 0.29) is 0 Å². The van der Waals surface area contributed by atoms with Crippen molar-refractivity contribution in [1.29, 1.82) is 0 Å². The zero-order chi connectivity index (χ0) is 22.1. The van der Waals surface area contributed by atoms with Crippen molar-refractivity contribution in [1.82, 2.24) is 5.43 Å². The quantitative estimate of drug-likeness (QED) is 0.278. The lowest BCUT2D eigenvalue weighted by atomic mass is 10.2. The lowest BCUT2D eigenvalue weighted by Crippen LogP contribution is -2.24. The van der Waals surface area contributed by atoms with Crippen LogP contribution in [-0.2, 0) is 16.2 Å². The van der Waals surface area contributed by atoms with Gasteiger partial charge in [0.2, 0.25) is 11.8 Å². The minimum Gasteiger partial charge on any atom is -0.489 e. The Bertz CT molecular complexity index is 1050. The van der Waals surface area contributed by atoms with Crippen molar-refractivity contribution >= 4 is 39.6 Å². The molecule has 2 N–H and O–H groups in total. The maximum atomic E-state index is 12.9. The molecule has 0 bridgehead atoms. The van der Waals surface area contributed by atoms with Gasteiger partial charge in [0.05, 0.1) is 6.21 Å². The summed E-state index contributed by atoms with van der Waals surface area (Å²) >= 11 is 3.40. The molecule has 0 saturated carbocycles. The number of hydrazone groups is 1. The van der Waals surface area contributed by atoms with E-state index in [1.165, 1.54) is 30.5 Å². The zero-order valence-electron chi connectivity index (χ0n) is 16.3. The standard InChI is InChI=1S/C23H19BrFN3O3/c24-18-5-1-17(2-6-18)15-31-21-11-3-16(4-12-21)14-26-28-23(30)13-22(29)27-20-9-7-19(25)8-10-20/h1-12,14H,13,15H2,(H,27,29)(H,28,30). The molecule has 8 heteroatoms. The van der Waals surface area contributed by atoms with Crippen molar-refractivity contribution in [3.05, 3.63) is 94.2 Å². The summed E-state index contributed by atoms with van der Waals surface area (Å²) in [4.78, 5) is 23.6. The molecule has 0 fully saturated rings. The van der Waals surface area contributed by atoms with E-state index in [1.807, 2.05) is 24.3 Å². The van der Waals surface area contributed by atoms with E-state index in [0.29, 0.717) is 18.0 Å². The summed E-state index contributed by atoms with van der Waals surface area (Å²) in [6.07, 6.45) is 1.06. The highest BCUT2D eigenvalue weighted by molar-refractivity contribution is 9.10. The summed E-state index contributed by atoms with van der Waals surface area (Å²) in [6.45, 7) is 0.455. The van der Waals surface area contributed by atoms with Crippen LogP contribution in [0, 0.1) is 5.82 Å². The fraction of sp³-hybridized carbons (Fsp3) is 0.0870. The first kappa shape index (κ1) is 22.2. The van der Waals surface area contributed by atoms with Gasteiger partial charge < -0.3 is 10.1 Å². The minimum atomic E-state index is -0.565. The molecule has 0 aliphatic rings. The molecule has 0 aliphatic heterocycles. The first-order valence-electron chi connectivity index (χ1n) is 9.32. The summed E-state index contributed by atoms with van der Waals surface area (Å²) in [5.41, 5.74) is 4.52. The summed E-state index contributed by atoms with van der Waals surface area (Å²) < 4.78 is 19.6. The van der Waals surface area contributed by atoms with Crippen LogP contribution in [0.4, 0.5) is 10.1 Å². The first-order chi connectivity index (χ1) is 15.0. The number of benzene rings is 3. The number of nitrogens with zero attached hydrogens (tertiary/aromatic N) is 1.